The second-order valence-corrected chi connectivity index (χ2v) is 7.03. The van der Waals surface area contributed by atoms with Gasteiger partial charge in [0.15, 0.2) is 0 Å². The van der Waals surface area contributed by atoms with Crippen LogP contribution in [-0.2, 0) is 21.5 Å². The van der Waals surface area contributed by atoms with E-state index in [1.54, 1.807) is 6.33 Å². The summed E-state index contributed by atoms with van der Waals surface area (Å²) in [6.45, 7) is 10.2. The molecule has 1 aromatic heterocycles. The van der Waals surface area contributed by atoms with Crippen LogP contribution >= 0.6 is 0 Å². The number of rotatable bonds is 3. The number of hydrogen-bond acceptors (Lipinski definition) is 6. The van der Waals surface area contributed by atoms with Gasteiger partial charge in [0, 0.05) is 37.2 Å². The molecule has 6 heteroatoms. The number of aromatic nitrogens is 2. The molecule has 1 saturated heterocycles. The first kappa shape index (κ1) is 16.2. The maximum absolute atomic E-state index is 11.9. The minimum Gasteiger partial charge on any atom is -0.466 e. The molecule has 1 fully saturated rings. The Kier molecular flexibility index (Phi) is 4.53. The summed E-state index contributed by atoms with van der Waals surface area (Å²) in [5.41, 5.74) is 2.38. The van der Waals surface area contributed by atoms with Crippen molar-refractivity contribution in [2.24, 2.45) is 5.92 Å². The van der Waals surface area contributed by atoms with Gasteiger partial charge in [-0.3, -0.25) is 4.79 Å². The van der Waals surface area contributed by atoms with Crippen LogP contribution in [0.15, 0.2) is 6.33 Å². The Balaban J connectivity index is 1.76. The molecule has 126 valence electrons. The Morgan fingerprint density at radius 3 is 2.83 bits per heavy atom. The highest BCUT2D eigenvalue weighted by atomic mass is 16.5. The summed E-state index contributed by atoms with van der Waals surface area (Å²) in [6, 6.07) is 0. The van der Waals surface area contributed by atoms with Crippen molar-refractivity contribution in [2.75, 3.05) is 31.1 Å². The van der Waals surface area contributed by atoms with Gasteiger partial charge >= 0.3 is 5.97 Å². The fraction of sp³-hybridized carbons (Fsp3) is 0.706. The molecule has 3 heterocycles. The summed E-state index contributed by atoms with van der Waals surface area (Å²) < 4.78 is 5.15. The number of hydrogen-bond donors (Lipinski definition) is 1. The SMILES string of the molecule is CCOC(=O)C1CCN(c2ncnc3c2CNCC3(C)C)CC1. The Morgan fingerprint density at radius 2 is 2.13 bits per heavy atom. The number of nitrogens with zero attached hydrogens (tertiary/aromatic N) is 3. The average molecular weight is 318 g/mol. The lowest BCUT2D eigenvalue weighted by Crippen LogP contribution is -2.43. The van der Waals surface area contributed by atoms with Crippen molar-refractivity contribution < 1.29 is 9.53 Å². The van der Waals surface area contributed by atoms with Crippen LogP contribution < -0.4 is 10.2 Å². The second kappa shape index (κ2) is 6.43. The molecule has 0 amide bonds. The van der Waals surface area contributed by atoms with E-state index in [1.807, 2.05) is 6.92 Å². The quantitative estimate of drug-likeness (QED) is 0.855. The predicted molar refractivity (Wildman–Crippen MR) is 88.3 cm³/mol. The lowest BCUT2D eigenvalue weighted by atomic mass is 9.83. The third kappa shape index (κ3) is 3.17. The van der Waals surface area contributed by atoms with E-state index in [9.17, 15) is 4.79 Å². The second-order valence-electron chi connectivity index (χ2n) is 7.03. The third-order valence-corrected chi connectivity index (χ3v) is 4.85. The number of anilines is 1. The van der Waals surface area contributed by atoms with Gasteiger partial charge in [-0.25, -0.2) is 9.97 Å². The summed E-state index contributed by atoms with van der Waals surface area (Å²) in [6.07, 6.45) is 3.33. The monoisotopic (exact) mass is 318 g/mol. The smallest absolute Gasteiger partial charge is 0.309 e. The van der Waals surface area contributed by atoms with Gasteiger partial charge in [-0.15, -0.1) is 0 Å². The van der Waals surface area contributed by atoms with E-state index in [0.717, 1.165) is 50.5 Å². The van der Waals surface area contributed by atoms with E-state index in [-0.39, 0.29) is 17.3 Å². The highest BCUT2D eigenvalue weighted by Crippen LogP contribution is 2.33. The van der Waals surface area contributed by atoms with Crippen LogP contribution in [0.5, 0.6) is 0 Å². The zero-order chi connectivity index (χ0) is 16.4. The van der Waals surface area contributed by atoms with Gasteiger partial charge in [-0.1, -0.05) is 13.8 Å². The van der Waals surface area contributed by atoms with Gasteiger partial charge in [-0.2, -0.15) is 0 Å². The molecule has 0 atom stereocenters. The van der Waals surface area contributed by atoms with Crippen LogP contribution in [0.2, 0.25) is 0 Å². The van der Waals surface area contributed by atoms with Crippen LogP contribution in [0, 0.1) is 5.92 Å². The van der Waals surface area contributed by atoms with Gasteiger partial charge in [0.1, 0.15) is 12.1 Å². The maximum atomic E-state index is 11.9. The fourth-order valence-electron chi connectivity index (χ4n) is 3.59. The van der Waals surface area contributed by atoms with Crippen molar-refractivity contribution in [1.82, 2.24) is 15.3 Å². The molecule has 2 aliphatic rings. The molecule has 23 heavy (non-hydrogen) atoms. The molecule has 6 nitrogen and oxygen atoms in total. The van der Waals surface area contributed by atoms with E-state index in [2.05, 4.69) is 34.0 Å². The highest BCUT2D eigenvalue weighted by molar-refractivity contribution is 5.73. The van der Waals surface area contributed by atoms with Crippen LogP contribution in [0.1, 0.15) is 44.9 Å². The number of carbonyl (C=O) groups excluding carboxylic acids is 1. The molecule has 0 radical (unpaired) electrons. The fourth-order valence-corrected chi connectivity index (χ4v) is 3.59. The van der Waals surface area contributed by atoms with Gasteiger partial charge < -0.3 is 15.0 Å². The molecule has 0 bridgehead atoms. The molecule has 2 aliphatic heterocycles. The molecule has 1 aromatic rings. The lowest BCUT2D eigenvalue weighted by molar-refractivity contribution is -0.148. The minimum atomic E-state index is -0.0559. The van der Waals surface area contributed by atoms with Gasteiger partial charge in [0.05, 0.1) is 18.2 Å². The molecular formula is C17H26N4O2. The lowest BCUT2D eigenvalue weighted by Gasteiger charge is -2.37. The summed E-state index contributed by atoms with van der Waals surface area (Å²) in [7, 11) is 0. The van der Waals surface area contributed by atoms with E-state index in [0.29, 0.717) is 6.61 Å². The topological polar surface area (TPSA) is 67.3 Å². The first-order chi connectivity index (χ1) is 11.0. The maximum Gasteiger partial charge on any atom is 0.309 e. The van der Waals surface area contributed by atoms with Crippen molar-refractivity contribution >= 4 is 11.8 Å². The van der Waals surface area contributed by atoms with Gasteiger partial charge in [-0.05, 0) is 19.8 Å². The molecular weight excluding hydrogens is 292 g/mol. The Morgan fingerprint density at radius 1 is 1.39 bits per heavy atom. The Labute approximate surface area is 137 Å². The molecule has 0 aliphatic carbocycles. The molecule has 0 spiro atoms. The Hall–Kier alpha value is -1.69. The zero-order valence-electron chi connectivity index (χ0n) is 14.3. The number of esters is 1. The van der Waals surface area contributed by atoms with Crippen molar-refractivity contribution in [3.05, 3.63) is 17.6 Å². The first-order valence-electron chi connectivity index (χ1n) is 8.49. The molecule has 0 aromatic carbocycles. The van der Waals surface area contributed by atoms with Crippen molar-refractivity contribution in [3.8, 4) is 0 Å². The van der Waals surface area contributed by atoms with Gasteiger partial charge in [0.2, 0.25) is 0 Å². The van der Waals surface area contributed by atoms with E-state index >= 15 is 0 Å². The van der Waals surface area contributed by atoms with Crippen molar-refractivity contribution in [3.63, 3.8) is 0 Å². The zero-order valence-corrected chi connectivity index (χ0v) is 14.3. The molecule has 1 N–H and O–H groups in total. The van der Waals surface area contributed by atoms with Gasteiger partial charge in [0.25, 0.3) is 0 Å². The highest BCUT2D eigenvalue weighted by Gasteiger charge is 2.33. The van der Waals surface area contributed by atoms with E-state index < -0.39 is 0 Å². The number of fused-ring (bicyclic) bond motifs is 1. The normalized spacial score (nSPS) is 20.9. The Bertz CT molecular complexity index is 580. The first-order valence-corrected chi connectivity index (χ1v) is 8.49. The van der Waals surface area contributed by atoms with E-state index in [1.165, 1.54) is 5.56 Å². The summed E-state index contributed by atoms with van der Waals surface area (Å²) in [4.78, 5) is 23.3. The molecule has 0 unspecified atom stereocenters. The van der Waals surface area contributed by atoms with E-state index in [4.69, 9.17) is 4.74 Å². The largest absolute Gasteiger partial charge is 0.466 e. The number of ether oxygens (including phenoxy) is 1. The minimum absolute atomic E-state index is 0.0223. The standard InChI is InChI=1S/C17H26N4O2/c1-4-23-16(22)12-5-7-21(8-6-12)15-13-9-18-10-17(2,3)14(13)19-11-20-15/h11-12,18H,4-10H2,1-3H3. The predicted octanol–water partition coefficient (Wildman–Crippen LogP) is 1.64. The average Bonchev–Trinajstić information content (AvgIpc) is 2.55. The van der Waals surface area contributed by atoms with Crippen LogP contribution in [-0.4, -0.2) is 42.2 Å². The van der Waals surface area contributed by atoms with Crippen molar-refractivity contribution in [1.29, 1.82) is 0 Å². The van der Waals surface area contributed by atoms with Crippen LogP contribution in [0.3, 0.4) is 0 Å². The molecule has 3 rings (SSSR count). The summed E-state index contributed by atoms with van der Waals surface area (Å²) in [5, 5.41) is 3.47. The number of nitrogens with one attached hydrogen (secondary N) is 1. The summed E-state index contributed by atoms with van der Waals surface area (Å²) >= 11 is 0. The number of piperidine rings is 1. The van der Waals surface area contributed by atoms with Crippen LogP contribution in [0.25, 0.3) is 0 Å². The van der Waals surface area contributed by atoms with Crippen molar-refractivity contribution in [2.45, 2.75) is 45.6 Å². The third-order valence-electron chi connectivity index (χ3n) is 4.85. The summed E-state index contributed by atoms with van der Waals surface area (Å²) in [5.74, 6) is 0.996. The number of carbonyl (C=O) groups is 1. The van der Waals surface area contributed by atoms with Crippen LogP contribution in [0.4, 0.5) is 5.82 Å². The molecule has 0 saturated carbocycles.